The number of carbonyl (C=O) groups excluding carboxylic acids is 3. The van der Waals surface area contributed by atoms with Gasteiger partial charge < -0.3 is 15.2 Å². The molecule has 1 fully saturated rings. The Morgan fingerprint density at radius 1 is 1.20 bits per heavy atom. The molecule has 220 valence electrons. The summed E-state index contributed by atoms with van der Waals surface area (Å²) in [6.07, 6.45) is 0.610. The van der Waals surface area contributed by atoms with E-state index in [0.717, 1.165) is 31.0 Å². The average molecular weight is 574 g/mol. The Bertz CT molecular complexity index is 1320. The van der Waals surface area contributed by atoms with Gasteiger partial charge in [-0.2, -0.15) is 5.06 Å². The number of likely N-dealkylation sites (tertiary alicyclic amines) is 1. The predicted molar refractivity (Wildman–Crippen MR) is 141 cm³/mol. The summed E-state index contributed by atoms with van der Waals surface area (Å²) in [5, 5.41) is 24.6. The first-order valence-corrected chi connectivity index (χ1v) is 13.3. The van der Waals surface area contributed by atoms with Crippen LogP contribution in [0.25, 0.3) is 0 Å². The molecule has 1 aromatic carbocycles. The molecule has 0 aliphatic carbocycles. The number of hydroxylamine groups is 2. The second-order valence-corrected chi connectivity index (χ2v) is 9.96. The maximum absolute atomic E-state index is 14.3. The number of aliphatic hydroxyl groups excluding tert-OH is 1. The van der Waals surface area contributed by atoms with Crippen molar-refractivity contribution in [1.29, 1.82) is 0 Å². The Morgan fingerprint density at radius 3 is 2.46 bits per heavy atom. The van der Waals surface area contributed by atoms with Gasteiger partial charge in [-0.25, -0.2) is 28.1 Å². The lowest BCUT2D eigenvalue weighted by atomic mass is 9.92. The number of nitrogens with zero attached hydrogens (tertiary/aromatic N) is 4. The quantitative estimate of drug-likeness (QED) is 0.260. The van der Waals surface area contributed by atoms with Gasteiger partial charge in [0.2, 0.25) is 0 Å². The number of pyridine rings is 1. The fourth-order valence-electron chi connectivity index (χ4n) is 5.45. The third-order valence-electron chi connectivity index (χ3n) is 7.45. The maximum atomic E-state index is 14.3. The van der Waals surface area contributed by atoms with E-state index in [0.29, 0.717) is 30.8 Å². The van der Waals surface area contributed by atoms with Crippen molar-refractivity contribution in [2.75, 3.05) is 20.2 Å². The van der Waals surface area contributed by atoms with Crippen LogP contribution in [0.15, 0.2) is 53.9 Å². The molecule has 1 saturated heterocycles. The van der Waals surface area contributed by atoms with Crippen LogP contribution >= 0.6 is 0 Å². The number of rotatable bonds is 7. The SMILES string of the molecule is CCC1=C(C(=O)OC)C(c2ccc(F)c(F)c2)N(C(=O)N(O)C(C(C)O)N2CCC(c3ccccn3)CC2)C(=O)N1. The first-order chi connectivity index (χ1) is 19.6. The summed E-state index contributed by atoms with van der Waals surface area (Å²) in [5.74, 6) is -3.20. The molecule has 0 bridgehead atoms. The first kappa shape index (κ1) is 30.0. The number of aliphatic hydroxyl groups is 1. The van der Waals surface area contributed by atoms with Crippen molar-refractivity contribution in [2.24, 2.45) is 0 Å². The van der Waals surface area contributed by atoms with Crippen LogP contribution in [-0.4, -0.2) is 80.7 Å². The van der Waals surface area contributed by atoms with Gasteiger partial charge in [-0.1, -0.05) is 19.1 Å². The van der Waals surface area contributed by atoms with Crippen molar-refractivity contribution in [3.05, 3.63) is 76.8 Å². The van der Waals surface area contributed by atoms with Gasteiger partial charge in [-0.05, 0) is 56.0 Å². The number of imide groups is 1. The molecule has 4 rings (SSSR count). The Kier molecular flexibility index (Phi) is 9.31. The Morgan fingerprint density at radius 2 is 1.90 bits per heavy atom. The number of carbonyl (C=O) groups is 3. The summed E-state index contributed by atoms with van der Waals surface area (Å²) in [5.41, 5.74) is 0.753. The summed E-state index contributed by atoms with van der Waals surface area (Å²) >= 11 is 0. The van der Waals surface area contributed by atoms with Crippen molar-refractivity contribution in [3.8, 4) is 0 Å². The number of urea groups is 2. The van der Waals surface area contributed by atoms with E-state index in [1.54, 1.807) is 18.0 Å². The van der Waals surface area contributed by atoms with Crippen LogP contribution in [0.5, 0.6) is 0 Å². The van der Waals surface area contributed by atoms with E-state index < -0.39 is 48.0 Å². The van der Waals surface area contributed by atoms with Crippen LogP contribution in [0, 0.1) is 11.6 Å². The zero-order valence-electron chi connectivity index (χ0n) is 23.0. The topological polar surface area (TPSA) is 136 Å². The number of hydrogen-bond donors (Lipinski definition) is 3. The van der Waals surface area contributed by atoms with E-state index in [2.05, 4.69) is 10.3 Å². The summed E-state index contributed by atoms with van der Waals surface area (Å²) < 4.78 is 33.0. The molecule has 3 heterocycles. The van der Waals surface area contributed by atoms with Crippen LogP contribution in [-0.2, 0) is 9.53 Å². The summed E-state index contributed by atoms with van der Waals surface area (Å²) in [7, 11) is 1.10. The Balaban J connectivity index is 1.67. The normalized spacial score (nSPS) is 19.9. The van der Waals surface area contributed by atoms with Gasteiger partial charge in [-0.3, -0.25) is 15.1 Å². The lowest BCUT2D eigenvalue weighted by Crippen LogP contribution is -2.62. The number of benzene rings is 1. The summed E-state index contributed by atoms with van der Waals surface area (Å²) in [6.45, 7) is 3.83. The smallest absolute Gasteiger partial charge is 0.354 e. The fourth-order valence-corrected chi connectivity index (χ4v) is 5.45. The molecule has 3 N–H and O–H groups in total. The molecule has 0 spiro atoms. The number of hydrogen-bond acceptors (Lipinski definition) is 8. The van der Waals surface area contributed by atoms with Crippen molar-refractivity contribution in [2.45, 2.75) is 57.3 Å². The molecule has 2 aliphatic heterocycles. The van der Waals surface area contributed by atoms with Crippen LogP contribution < -0.4 is 5.32 Å². The van der Waals surface area contributed by atoms with E-state index in [1.807, 2.05) is 18.2 Å². The molecule has 0 radical (unpaired) electrons. The first-order valence-electron chi connectivity index (χ1n) is 13.3. The zero-order valence-corrected chi connectivity index (χ0v) is 23.0. The number of amides is 4. The molecule has 2 aliphatic rings. The zero-order chi connectivity index (χ0) is 29.8. The van der Waals surface area contributed by atoms with Crippen molar-refractivity contribution < 1.29 is 38.2 Å². The van der Waals surface area contributed by atoms with E-state index in [9.17, 15) is 33.5 Å². The molecule has 3 unspecified atom stereocenters. The van der Waals surface area contributed by atoms with E-state index >= 15 is 0 Å². The van der Waals surface area contributed by atoms with E-state index in [1.165, 1.54) is 6.92 Å². The average Bonchev–Trinajstić information content (AvgIpc) is 2.97. The molecule has 2 aromatic rings. The fraction of sp³-hybridized carbons (Fsp3) is 0.429. The molecule has 3 atom stereocenters. The van der Waals surface area contributed by atoms with Crippen molar-refractivity contribution in [1.82, 2.24) is 25.2 Å². The van der Waals surface area contributed by atoms with E-state index in [-0.39, 0.29) is 34.2 Å². The standard InChI is InChI=1S/C28H33F2N5O6/c1-4-21-23(26(37)41-3)24(18-8-9-19(29)20(30)15-18)34(27(38)32-21)28(39)35(40)25(16(2)36)33-13-10-17(11-14-33)22-7-5-6-12-31-22/h5-9,12,15-17,24-25,36,40H,4,10-11,13-14H2,1-3H3,(H,32,38). The minimum Gasteiger partial charge on any atom is -0.466 e. The van der Waals surface area contributed by atoms with Crippen molar-refractivity contribution in [3.63, 3.8) is 0 Å². The molecule has 0 saturated carbocycles. The Labute approximate surface area is 236 Å². The number of esters is 1. The third kappa shape index (κ3) is 6.06. The van der Waals surface area contributed by atoms with Crippen LogP contribution in [0.2, 0.25) is 0 Å². The number of allylic oxidation sites excluding steroid dienone is 1. The number of aromatic nitrogens is 1. The Hall–Kier alpha value is -3.94. The van der Waals surface area contributed by atoms with Crippen LogP contribution in [0.1, 0.15) is 56.3 Å². The lowest BCUT2D eigenvalue weighted by molar-refractivity contribution is -0.170. The van der Waals surface area contributed by atoms with Gasteiger partial charge in [0.25, 0.3) is 0 Å². The molecular formula is C28H33F2N5O6. The van der Waals surface area contributed by atoms with Gasteiger partial charge in [0.15, 0.2) is 11.6 Å². The highest BCUT2D eigenvalue weighted by Gasteiger charge is 2.46. The second kappa shape index (κ2) is 12.7. The van der Waals surface area contributed by atoms with Crippen LogP contribution in [0.4, 0.5) is 18.4 Å². The number of piperidine rings is 1. The number of ether oxygens (including phenoxy) is 1. The maximum Gasteiger partial charge on any atom is 0.354 e. The monoisotopic (exact) mass is 573 g/mol. The summed E-state index contributed by atoms with van der Waals surface area (Å²) in [6, 6.07) is 4.51. The second-order valence-electron chi connectivity index (χ2n) is 9.96. The molecule has 1 aromatic heterocycles. The molecule has 11 nitrogen and oxygen atoms in total. The largest absolute Gasteiger partial charge is 0.466 e. The predicted octanol–water partition coefficient (Wildman–Crippen LogP) is 3.66. The number of methoxy groups -OCH3 is 1. The van der Waals surface area contributed by atoms with Gasteiger partial charge in [0.1, 0.15) is 12.2 Å². The highest BCUT2D eigenvalue weighted by Crippen LogP contribution is 2.37. The highest BCUT2D eigenvalue weighted by molar-refractivity contribution is 6.01. The summed E-state index contributed by atoms with van der Waals surface area (Å²) in [4.78, 5) is 46.7. The molecular weight excluding hydrogens is 540 g/mol. The molecule has 41 heavy (non-hydrogen) atoms. The minimum absolute atomic E-state index is 0.100. The van der Waals surface area contributed by atoms with Gasteiger partial charge in [0.05, 0.1) is 18.8 Å². The van der Waals surface area contributed by atoms with Crippen molar-refractivity contribution >= 4 is 18.0 Å². The van der Waals surface area contributed by atoms with Crippen LogP contribution in [0.3, 0.4) is 0 Å². The highest BCUT2D eigenvalue weighted by atomic mass is 19.2. The molecule has 4 amide bonds. The minimum atomic E-state index is -1.56. The number of halogens is 2. The van der Waals surface area contributed by atoms with Gasteiger partial charge >= 0.3 is 18.0 Å². The van der Waals surface area contributed by atoms with E-state index in [4.69, 9.17) is 4.74 Å². The lowest BCUT2D eigenvalue weighted by Gasteiger charge is -2.44. The third-order valence-corrected chi connectivity index (χ3v) is 7.45. The molecule has 13 heteroatoms. The number of nitrogens with one attached hydrogen (secondary N) is 1. The van der Waals surface area contributed by atoms with Gasteiger partial charge in [0, 0.05) is 36.6 Å². The van der Waals surface area contributed by atoms with Gasteiger partial charge in [-0.15, -0.1) is 0 Å².